The number of carbonyl (C=O) groups is 2. The summed E-state index contributed by atoms with van der Waals surface area (Å²) in [7, 11) is 0. The van der Waals surface area contributed by atoms with E-state index in [4.69, 9.17) is 16.7 Å². The van der Waals surface area contributed by atoms with Gasteiger partial charge in [0.25, 0.3) is 5.91 Å². The van der Waals surface area contributed by atoms with Crippen LogP contribution in [0, 0.1) is 5.82 Å². The lowest BCUT2D eigenvalue weighted by Crippen LogP contribution is -2.44. The van der Waals surface area contributed by atoms with Gasteiger partial charge in [-0.15, -0.1) is 0 Å². The van der Waals surface area contributed by atoms with Gasteiger partial charge in [-0.3, -0.25) is 9.59 Å². The molecule has 0 radical (unpaired) electrons. The fraction of sp³-hybridized carbons (Fsp3) is 0.500. The minimum Gasteiger partial charge on any atom is -0.481 e. The second-order valence-electron chi connectivity index (χ2n) is 5.07. The Morgan fingerprint density at radius 2 is 2.24 bits per heavy atom. The van der Waals surface area contributed by atoms with E-state index in [1.807, 2.05) is 0 Å². The number of hydrogen-bond acceptors (Lipinski definition) is 3. The number of likely N-dealkylation sites (tertiary alicyclic amines) is 1. The van der Waals surface area contributed by atoms with Gasteiger partial charge in [-0.05, 0) is 31.7 Å². The Bertz CT molecular complexity index is 553. The fourth-order valence-electron chi connectivity index (χ4n) is 2.59. The van der Waals surface area contributed by atoms with Crippen LogP contribution in [0.25, 0.3) is 0 Å². The number of halogens is 2. The molecule has 0 aromatic carbocycles. The van der Waals surface area contributed by atoms with Gasteiger partial charge in [-0.25, -0.2) is 9.37 Å². The maximum Gasteiger partial charge on any atom is 0.303 e. The lowest BCUT2D eigenvalue weighted by atomic mass is 9.97. The summed E-state index contributed by atoms with van der Waals surface area (Å²) in [6.07, 6.45) is 3.89. The van der Waals surface area contributed by atoms with Crippen molar-refractivity contribution >= 4 is 23.5 Å². The highest BCUT2D eigenvalue weighted by Crippen LogP contribution is 2.25. The zero-order chi connectivity index (χ0) is 15.4. The number of carbonyl (C=O) groups excluding carboxylic acids is 1. The van der Waals surface area contributed by atoms with Crippen molar-refractivity contribution < 1.29 is 19.1 Å². The van der Waals surface area contributed by atoms with Crippen molar-refractivity contribution in [1.82, 2.24) is 9.88 Å². The predicted octanol–water partition coefficient (Wildman–Crippen LogP) is 2.73. The molecule has 1 saturated heterocycles. The van der Waals surface area contributed by atoms with Crippen LogP contribution in [-0.2, 0) is 4.79 Å². The van der Waals surface area contributed by atoms with E-state index in [2.05, 4.69) is 4.98 Å². The average Bonchev–Trinajstić information content (AvgIpc) is 2.47. The molecule has 1 N–H and O–H groups in total. The van der Waals surface area contributed by atoms with Gasteiger partial charge < -0.3 is 10.0 Å². The highest BCUT2D eigenvalue weighted by Gasteiger charge is 2.29. The highest BCUT2D eigenvalue weighted by molar-refractivity contribution is 6.32. The molecule has 0 aliphatic carbocycles. The normalized spacial score (nSPS) is 18.6. The first-order valence-electron chi connectivity index (χ1n) is 6.83. The number of hydrogen-bond donors (Lipinski definition) is 1. The van der Waals surface area contributed by atoms with Crippen molar-refractivity contribution in [2.24, 2.45) is 0 Å². The molecule has 114 valence electrons. The third-order valence-electron chi connectivity index (χ3n) is 3.62. The Kier molecular flexibility index (Phi) is 5.12. The molecule has 1 amide bonds. The standard InChI is InChI=1S/C14H16ClFN2O3/c15-13-11(7-9(16)8-17-13)14(21)18-6-2-1-3-10(18)4-5-12(19)20/h7-8,10H,1-6H2,(H,19,20). The molecule has 2 rings (SSSR count). The van der Waals surface area contributed by atoms with Gasteiger partial charge in [0, 0.05) is 19.0 Å². The summed E-state index contributed by atoms with van der Waals surface area (Å²) in [6, 6.07) is 0.919. The number of carboxylic acids is 1. The van der Waals surface area contributed by atoms with Crippen molar-refractivity contribution in [2.45, 2.75) is 38.1 Å². The minimum absolute atomic E-state index is 0.00355. The summed E-state index contributed by atoms with van der Waals surface area (Å²) >= 11 is 5.87. The Hall–Kier alpha value is -1.69. The topological polar surface area (TPSA) is 70.5 Å². The largest absolute Gasteiger partial charge is 0.481 e. The highest BCUT2D eigenvalue weighted by atomic mass is 35.5. The molecule has 1 fully saturated rings. The molecule has 1 aromatic heterocycles. The van der Waals surface area contributed by atoms with E-state index >= 15 is 0 Å². The molecule has 0 saturated carbocycles. The number of rotatable bonds is 4. The first-order chi connectivity index (χ1) is 9.99. The predicted molar refractivity (Wildman–Crippen MR) is 74.8 cm³/mol. The van der Waals surface area contributed by atoms with Gasteiger partial charge in [-0.2, -0.15) is 0 Å². The first-order valence-corrected chi connectivity index (χ1v) is 7.20. The summed E-state index contributed by atoms with van der Waals surface area (Å²) in [5.74, 6) is -1.90. The van der Waals surface area contributed by atoms with Gasteiger partial charge in [0.05, 0.1) is 11.8 Å². The van der Waals surface area contributed by atoms with Gasteiger partial charge in [-0.1, -0.05) is 11.6 Å². The fourth-order valence-corrected chi connectivity index (χ4v) is 2.77. The number of carboxylic acid groups (broad SMARTS) is 1. The van der Waals surface area contributed by atoms with Gasteiger partial charge >= 0.3 is 5.97 Å². The smallest absolute Gasteiger partial charge is 0.303 e. The molecular formula is C14H16ClFN2O3. The third kappa shape index (κ3) is 3.91. The molecule has 2 heterocycles. The summed E-state index contributed by atoms with van der Waals surface area (Å²) in [5, 5.41) is 8.74. The number of pyridine rings is 1. The first kappa shape index (κ1) is 15.7. The van der Waals surface area contributed by atoms with Crippen LogP contribution in [0.2, 0.25) is 5.15 Å². The van der Waals surface area contributed by atoms with Crippen LogP contribution in [0.3, 0.4) is 0 Å². The molecule has 0 spiro atoms. The number of aliphatic carboxylic acids is 1. The van der Waals surface area contributed by atoms with Crippen molar-refractivity contribution in [3.63, 3.8) is 0 Å². The second-order valence-corrected chi connectivity index (χ2v) is 5.43. The lowest BCUT2D eigenvalue weighted by Gasteiger charge is -2.35. The van der Waals surface area contributed by atoms with Crippen LogP contribution >= 0.6 is 11.6 Å². The molecule has 0 bridgehead atoms. The summed E-state index contributed by atoms with van der Waals surface area (Å²) in [4.78, 5) is 28.5. The third-order valence-corrected chi connectivity index (χ3v) is 3.92. The van der Waals surface area contributed by atoms with E-state index in [1.54, 1.807) is 4.90 Å². The monoisotopic (exact) mass is 314 g/mol. The summed E-state index contributed by atoms with van der Waals surface area (Å²) < 4.78 is 13.3. The van der Waals surface area contributed by atoms with Crippen LogP contribution in [0.15, 0.2) is 12.3 Å². The Morgan fingerprint density at radius 1 is 1.48 bits per heavy atom. The SMILES string of the molecule is O=C(O)CCC1CCCCN1C(=O)c1cc(F)cnc1Cl. The van der Waals surface area contributed by atoms with Crippen molar-refractivity contribution in [2.75, 3.05) is 6.54 Å². The van der Waals surface area contributed by atoms with Crippen LogP contribution in [0.5, 0.6) is 0 Å². The second kappa shape index (κ2) is 6.85. The Balaban J connectivity index is 2.18. The zero-order valence-corrected chi connectivity index (χ0v) is 12.1. The Morgan fingerprint density at radius 3 is 2.95 bits per heavy atom. The van der Waals surface area contributed by atoms with E-state index < -0.39 is 11.8 Å². The molecule has 1 aliphatic rings. The summed E-state index contributed by atoms with van der Waals surface area (Å²) in [6.45, 7) is 0.524. The molecule has 7 heteroatoms. The number of piperidine rings is 1. The van der Waals surface area contributed by atoms with E-state index in [9.17, 15) is 14.0 Å². The van der Waals surface area contributed by atoms with Crippen LogP contribution in [0.1, 0.15) is 42.5 Å². The average molecular weight is 315 g/mol. The quantitative estimate of drug-likeness (QED) is 0.867. The minimum atomic E-state index is -0.890. The zero-order valence-electron chi connectivity index (χ0n) is 11.4. The van der Waals surface area contributed by atoms with Crippen LogP contribution < -0.4 is 0 Å². The van der Waals surface area contributed by atoms with Crippen molar-refractivity contribution in [3.8, 4) is 0 Å². The Labute approximate surface area is 126 Å². The van der Waals surface area contributed by atoms with Crippen molar-refractivity contribution in [3.05, 3.63) is 28.8 Å². The van der Waals surface area contributed by atoms with E-state index in [1.165, 1.54) is 0 Å². The molecule has 1 aliphatic heterocycles. The van der Waals surface area contributed by atoms with Crippen LogP contribution in [0.4, 0.5) is 4.39 Å². The molecule has 5 nitrogen and oxygen atoms in total. The number of amides is 1. The molecular weight excluding hydrogens is 299 g/mol. The van der Waals surface area contributed by atoms with E-state index in [0.29, 0.717) is 13.0 Å². The van der Waals surface area contributed by atoms with E-state index in [-0.39, 0.29) is 29.1 Å². The molecule has 1 unspecified atom stereocenters. The maximum atomic E-state index is 13.3. The summed E-state index contributed by atoms with van der Waals surface area (Å²) in [5.41, 5.74) is 0.0268. The van der Waals surface area contributed by atoms with Gasteiger partial charge in [0.15, 0.2) is 0 Å². The number of aromatic nitrogens is 1. The van der Waals surface area contributed by atoms with Crippen molar-refractivity contribution in [1.29, 1.82) is 0 Å². The lowest BCUT2D eigenvalue weighted by molar-refractivity contribution is -0.137. The van der Waals surface area contributed by atoms with E-state index in [0.717, 1.165) is 31.5 Å². The van der Waals surface area contributed by atoms with Crippen LogP contribution in [-0.4, -0.2) is 39.5 Å². The number of nitrogens with zero attached hydrogens (tertiary/aromatic N) is 2. The van der Waals surface area contributed by atoms with Gasteiger partial charge in [0.2, 0.25) is 0 Å². The molecule has 21 heavy (non-hydrogen) atoms. The molecule has 1 aromatic rings. The van der Waals surface area contributed by atoms with Gasteiger partial charge in [0.1, 0.15) is 11.0 Å². The maximum absolute atomic E-state index is 13.3. The molecule has 1 atom stereocenters.